The molecule has 8 aromatic carbocycles. The molecule has 0 atom stereocenters. The quantitative estimate of drug-likeness (QED) is 0.151. The molecule has 0 saturated heterocycles. The number of rotatable bonds is 8. The Labute approximate surface area is 392 Å². The highest BCUT2D eigenvalue weighted by molar-refractivity contribution is 6.19. The third-order valence-electron chi connectivity index (χ3n) is 13.0. The molecule has 0 aliphatic heterocycles. The van der Waals surface area contributed by atoms with Gasteiger partial charge in [-0.3, -0.25) is 0 Å². The molecule has 320 valence electrons. The SMILES string of the molecule is C1=CCCC(c2nc(-c3ccccc3)cc(-c3cccc(-c4ccc5c(c4)oc4c5ccc5c6ccc(-c7cccc(-c8cc(-c9ccccc9)nc(-c9ccccc9)n8)c7)cc6oc54)c3)n2)=C1. The van der Waals surface area contributed by atoms with E-state index in [1.807, 2.05) is 42.5 Å². The topological polar surface area (TPSA) is 77.8 Å². The van der Waals surface area contributed by atoms with E-state index in [0.29, 0.717) is 5.82 Å². The van der Waals surface area contributed by atoms with Gasteiger partial charge in [0.15, 0.2) is 22.8 Å². The zero-order chi connectivity index (χ0) is 45.0. The zero-order valence-corrected chi connectivity index (χ0v) is 36.8. The molecule has 0 unspecified atom stereocenters. The fourth-order valence-corrected chi connectivity index (χ4v) is 9.50. The molecule has 0 N–H and O–H groups in total. The number of hydrogen-bond acceptors (Lipinski definition) is 6. The summed E-state index contributed by atoms with van der Waals surface area (Å²) in [6, 6.07) is 69.3. The minimum absolute atomic E-state index is 0.689. The Hall–Kier alpha value is -9.00. The van der Waals surface area contributed by atoms with E-state index in [2.05, 4.69) is 176 Å². The molecule has 1 aliphatic rings. The van der Waals surface area contributed by atoms with Crippen LogP contribution in [0.25, 0.3) is 128 Å². The van der Waals surface area contributed by atoms with Crippen molar-refractivity contribution in [1.29, 1.82) is 0 Å². The predicted octanol–water partition coefficient (Wildman–Crippen LogP) is 16.5. The molecular weight excluding hydrogens is 833 g/mol. The van der Waals surface area contributed by atoms with Gasteiger partial charge in [0.05, 0.1) is 22.8 Å². The third kappa shape index (κ3) is 7.16. The van der Waals surface area contributed by atoms with E-state index >= 15 is 0 Å². The van der Waals surface area contributed by atoms with Crippen molar-refractivity contribution >= 4 is 49.5 Å². The Morgan fingerprint density at radius 1 is 0.324 bits per heavy atom. The molecule has 68 heavy (non-hydrogen) atoms. The van der Waals surface area contributed by atoms with Crippen molar-refractivity contribution in [3.8, 4) is 78.7 Å². The first-order valence-corrected chi connectivity index (χ1v) is 23.0. The lowest BCUT2D eigenvalue weighted by atomic mass is 9.99. The highest BCUT2D eigenvalue weighted by Crippen LogP contribution is 2.41. The Balaban J connectivity index is 0.847. The van der Waals surface area contributed by atoms with Crippen molar-refractivity contribution < 1.29 is 8.83 Å². The summed E-state index contributed by atoms with van der Waals surface area (Å²) in [4.78, 5) is 20.2. The number of allylic oxidation sites excluding steroid dienone is 4. The van der Waals surface area contributed by atoms with Gasteiger partial charge < -0.3 is 8.83 Å². The molecule has 6 nitrogen and oxygen atoms in total. The van der Waals surface area contributed by atoms with Gasteiger partial charge in [-0.25, -0.2) is 19.9 Å². The largest absolute Gasteiger partial charge is 0.452 e. The number of nitrogens with zero attached hydrogens (tertiary/aromatic N) is 4. The summed E-state index contributed by atoms with van der Waals surface area (Å²) in [5, 5.41) is 4.11. The van der Waals surface area contributed by atoms with E-state index in [4.69, 9.17) is 28.8 Å². The molecule has 6 heteroatoms. The second-order valence-corrected chi connectivity index (χ2v) is 17.3. The molecule has 4 aromatic heterocycles. The van der Waals surface area contributed by atoms with E-state index in [1.165, 1.54) is 0 Å². The van der Waals surface area contributed by atoms with Crippen LogP contribution >= 0.6 is 0 Å². The van der Waals surface area contributed by atoms with Crippen LogP contribution < -0.4 is 0 Å². The van der Waals surface area contributed by atoms with E-state index < -0.39 is 0 Å². The van der Waals surface area contributed by atoms with Crippen molar-refractivity contribution in [1.82, 2.24) is 19.9 Å². The van der Waals surface area contributed by atoms with E-state index in [0.717, 1.165) is 141 Å². The fourth-order valence-electron chi connectivity index (χ4n) is 9.50. The first kappa shape index (κ1) is 39.4. The van der Waals surface area contributed by atoms with Crippen LogP contribution in [0.5, 0.6) is 0 Å². The van der Waals surface area contributed by atoms with Crippen molar-refractivity contribution in [3.05, 3.63) is 224 Å². The van der Waals surface area contributed by atoms with Gasteiger partial charge in [0.2, 0.25) is 0 Å². The molecule has 0 spiro atoms. The first-order chi connectivity index (χ1) is 33.6. The van der Waals surface area contributed by atoms with Crippen LogP contribution in [0, 0.1) is 0 Å². The second-order valence-electron chi connectivity index (χ2n) is 17.3. The highest BCUT2D eigenvalue weighted by Gasteiger charge is 2.19. The maximum Gasteiger partial charge on any atom is 0.178 e. The van der Waals surface area contributed by atoms with Gasteiger partial charge in [0.1, 0.15) is 11.2 Å². The molecule has 12 aromatic rings. The summed E-state index contributed by atoms with van der Waals surface area (Å²) in [5.74, 6) is 1.46. The molecule has 0 amide bonds. The Morgan fingerprint density at radius 2 is 0.735 bits per heavy atom. The second kappa shape index (κ2) is 16.5. The normalized spacial score (nSPS) is 12.6. The van der Waals surface area contributed by atoms with Gasteiger partial charge in [-0.2, -0.15) is 0 Å². The van der Waals surface area contributed by atoms with Crippen molar-refractivity contribution in [2.75, 3.05) is 0 Å². The summed E-state index contributed by atoms with van der Waals surface area (Å²) in [5.41, 5.74) is 17.1. The maximum absolute atomic E-state index is 6.74. The lowest BCUT2D eigenvalue weighted by Crippen LogP contribution is -2.00. The van der Waals surface area contributed by atoms with Crippen LogP contribution in [-0.2, 0) is 0 Å². The standard InChI is InChI=1S/C62H40N4O2/c1-5-15-39(16-6-1)53-37-55(65-61(63-53)41-19-9-3-10-20-41)47-25-13-23-43(33-47)45-27-29-49-51-31-32-52-50-30-28-46(36-58(50)68-60(52)59(51)67-57(49)35-45)44-24-14-26-48(34-44)56-38-54(40-17-7-2-8-18-40)64-62(66-56)42-21-11-4-12-22-42/h1-11,13-21,23-38H,12,22H2. The van der Waals surface area contributed by atoms with Gasteiger partial charge in [-0.1, -0.05) is 158 Å². The molecule has 0 bridgehead atoms. The van der Waals surface area contributed by atoms with E-state index in [-0.39, 0.29) is 0 Å². The predicted molar refractivity (Wildman–Crippen MR) is 277 cm³/mol. The minimum Gasteiger partial charge on any atom is -0.452 e. The van der Waals surface area contributed by atoms with Gasteiger partial charge in [-0.15, -0.1) is 0 Å². The average Bonchev–Trinajstić information content (AvgIpc) is 4.00. The lowest BCUT2D eigenvalue weighted by Gasteiger charge is -2.13. The van der Waals surface area contributed by atoms with Gasteiger partial charge in [0.25, 0.3) is 0 Å². The van der Waals surface area contributed by atoms with Gasteiger partial charge in [-0.05, 0) is 101 Å². The molecule has 0 fully saturated rings. The number of hydrogen-bond donors (Lipinski definition) is 0. The van der Waals surface area contributed by atoms with Crippen LogP contribution in [0.1, 0.15) is 18.7 Å². The maximum atomic E-state index is 6.74. The van der Waals surface area contributed by atoms with Crippen LogP contribution in [-0.4, -0.2) is 19.9 Å². The molecule has 0 radical (unpaired) electrons. The third-order valence-corrected chi connectivity index (χ3v) is 13.0. The fraction of sp³-hybridized carbons (Fsp3) is 0.0323. The smallest absolute Gasteiger partial charge is 0.178 e. The monoisotopic (exact) mass is 872 g/mol. The summed E-state index contributed by atoms with van der Waals surface area (Å²) >= 11 is 0. The van der Waals surface area contributed by atoms with Gasteiger partial charge >= 0.3 is 0 Å². The van der Waals surface area contributed by atoms with Crippen molar-refractivity contribution in [3.63, 3.8) is 0 Å². The Kier molecular flexibility index (Phi) is 9.53. The average molecular weight is 873 g/mol. The number of benzene rings is 8. The van der Waals surface area contributed by atoms with Crippen molar-refractivity contribution in [2.24, 2.45) is 0 Å². The summed E-state index contributed by atoms with van der Waals surface area (Å²) < 4.78 is 13.5. The van der Waals surface area contributed by atoms with Crippen LogP contribution in [0.3, 0.4) is 0 Å². The molecule has 0 saturated carbocycles. The molecular formula is C62H40N4O2. The summed E-state index contributed by atoms with van der Waals surface area (Å²) in [6.45, 7) is 0. The minimum atomic E-state index is 0.689. The summed E-state index contributed by atoms with van der Waals surface area (Å²) in [6.07, 6.45) is 8.33. The number of aromatic nitrogens is 4. The number of furan rings is 2. The Bertz CT molecular complexity index is 3900. The highest BCUT2D eigenvalue weighted by atomic mass is 16.4. The molecule has 1 aliphatic carbocycles. The summed E-state index contributed by atoms with van der Waals surface area (Å²) in [7, 11) is 0. The zero-order valence-electron chi connectivity index (χ0n) is 36.8. The lowest BCUT2D eigenvalue weighted by molar-refractivity contribution is 0.633. The van der Waals surface area contributed by atoms with Crippen LogP contribution in [0.15, 0.2) is 227 Å². The Morgan fingerprint density at radius 3 is 1.22 bits per heavy atom. The van der Waals surface area contributed by atoms with Crippen LogP contribution in [0.2, 0.25) is 0 Å². The first-order valence-electron chi connectivity index (χ1n) is 23.0. The van der Waals surface area contributed by atoms with Crippen LogP contribution in [0.4, 0.5) is 0 Å². The van der Waals surface area contributed by atoms with E-state index in [1.54, 1.807) is 0 Å². The molecule has 4 heterocycles. The molecule has 13 rings (SSSR count). The van der Waals surface area contributed by atoms with Crippen molar-refractivity contribution in [2.45, 2.75) is 12.8 Å². The van der Waals surface area contributed by atoms with Gasteiger partial charge in [0, 0.05) is 49.4 Å². The number of fused-ring (bicyclic) bond motifs is 7. The van der Waals surface area contributed by atoms with E-state index in [9.17, 15) is 0 Å².